The fourth-order valence-electron chi connectivity index (χ4n) is 0.621. The normalized spacial score (nSPS) is 9.44. The van der Waals surface area contributed by atoms with E-state index in [4.69, 9.17) is 0 Å². The van der Waals surface area contributed by atoms with Gasteiger partial charge in [-0.1, -0.05) is 0 Å². The zero-order valence-electron chi connectivity index (χ0n) is 5.18. The van der Waals surface area contributed by atoms with Gasteiger partial charge in [0.15, 0.2) is 0 Å². The molecule has 0 saturated heterocycles. The van der Waals surface area contributed by atoms with Crippen molar-refractivity contribution in [3.8, 4) is 0 Å². The maximum Gasteiger partial charge on any atom is 0.134 e. The van der Waals surface area contributed by atoms with Crippen LogP contribution in [0.25, 0.3) is 0 Å². The molecular formula is C7H7OS. The summed E-state index contributed by atoms with van der Waals surface area (Å²) in [5.41, 5.74) is 1.01. The Hall–Kier alpha value is -0.630. The molecule has 0 atom stereocenters. The van der Waals surface area contributed by atoms with Gasteiger partial charge >= 0.3 is 0 Å². The van der Waals surface area contributed by atoms with Crippen LogP contribution < -0.4 is 0 Å². The van der Waals surface area contributed by atoms with Gasteiger partial charge in [0, 0.05) is 6.42 Å². The number of carbonyl (C=O) groups is 1. The van der Waals surface area contributed by atoms with Crippen molar-refractivity contribution in [3.05, 3.63) is 22.4 Å². The molecule has 0 aliphatic heterocycles. The fraction of sp³-hybridized carbons (Fsp3) is 0.286. The highest BCUT2D eigenvalue weighted by atomic mass is 32.1. The molecule has 0 unspecified atom stereocenters. The summed E-state index contributed by atoms with van der Waals surface area (Å²) in [6, 6.07) is 2.97. The number of thiophene rings is 1. The maximum absolute atomic E-state index is 10.5. The standard InChI is InChI=1S/C7H7OS/c1-6(8)4-7-2-3-9-5-7/h3,5H,4H2,1H3. The summed E-state index contributed by atoms with van der Waals surface area (Å²) >= 11 is 1.57. The monoisotopic (exact) mass is 139 g/mol. The fourth-order valence-corrected chi connectivity index (χ4v) is 1.22. The van der Waals surface area contributed by atoms with Crippen LogP contribution in [0.2, 0.25) is 0 Å². The van der Waals surface area contributed by atoms with E-state index in [-0.39, 0.29) is 5.78 Å². The molecule has 47 valence electrons. The molecule has 0 saturated carbocycles. The van der Waals surface area contributed by atoms with Gasteiger partial charge in [-0.3, -0.25) is 4.79 Å². The second kappa shape index (κ2) is 2.78. The van der Waals surface area contributed by atoms with Crippen LogP contribution in [0.15, 0.2) is 10.8 Å². The molecule has 0 N–H and O–H groups in total. The van der Waals surface area contributed by atoms with Gasteiger partial charge in [-0.05, 0) is 29.3 Å². The van der Waals surface area contributed by atoms with E-state index in [1.54, 1.807) is 18.3 Å². The highest BCUT2D eigenvalue weighted by molar-refractivity contribution is 7.07. The van der Waals surface area contributed by atoms with E-state index >= 15 is 0 Å². The minimum absolute atomic E-state index is 0.199. The molecule has 0 aliphatic rings. The molecule has 0 spiro atoms. The lowest BCUT2D eigenvalue weighted by atomic mass is 10.2. The van der Waals surface area contributed by atoms with E-state index in [0.717, 1.165) is 5.56 Å². The molecule has 1 radical (unpaired) electrons. The van der Waals surface area contributed by atoms with Crippen LogP contribution in [0.4, 0.5) is 0 Å². The van der Waals surface area contributed by atoms with Crippen molar-refractivity contribution >= 4 is 17.1 Å². The first kappa shape index (κ1) is 6.49. The molecule has 1 aromatic rings. The van der Waals surface area contributed by atoms with Crippen molar-refractivity contribution in [3.63, 3.8) is 0 Å². The zero-order chi connectivity index (χ0) is 6.69. The van der Waals surface area contributed by atoms with Gasteiger partial charge in [0.25, 0.3) is 0 Å². The Labute approximate surface area is 58.3 Å². The zero-order valence-corrected chi connectivity index (χ0v) is 5.99. The van der Waals surface area contributed by atoms with Crippen LogP contribution in [0.1, 0.15) is 12.5 Å². The molecule has 1 nitrogen and oxygen atoms in total. The lowest BCUT2D eigenvalue weighted by molar-refractivity contribution is -0.116. The van der Waals surface area contributed by atoms with E-state index in [1.807, 2.05) is 10.8 Å². The van der Waals surface area contributed by atoms with Crippen molar-refractivity contribution in [1.82, 2.24) is 0 Å². The summed E-state index contributed by atoms with van der Waals surface area (Å²) in [7, 11) is 0. The molecule has 0 bridgehead atoms. The number of hydrogen-bond acceptors (Lipinski definition) is 2. The van der Waals surface area contributed by atoms with E-state index in [1.165, 1.54) is 0 Å². The SMILES string of the molecule is CC(=O)Cc1[c]csc1. The Bertz CT molecular complexity index is 189. The first-order valence-electron chi connectivity index (χ1n) is 2.71. The molecule has 1 heterocycles. The van der Waals surface area contributed by atoms with Gasteiger partial charge in [-0.25, -0.2) is 0 Å². The van der Waals surface area contributed by atoms with Crippen LogP contribution in [0, 0.1) is 6.07 Å². The van der Waals surface area contributed by atoms with Crippen LogP contribution in [-0.4, -0.2) is 5.78 Å². The van der Waals surface area contributed by atoms with Crippen LogP contribution in [0.5, 0.6) is 0 Å². The third kappa shape index (κ3) is 1.98. The van der Waals surface area contributed by atoms with Gasteiger partial charge in [-0.15, -0.1) is 0 Å². The average molecular weight is 139 g/mol. The van der Waals surface area contributed by atoms with E-state index < -0.39 is 0 Å². The largest absolute Gasteiger partial charge is 0.300 e. The highest BCUT2D eigenvalue weighted by Gasteiger charge is 1.95. The Balaban J connectivity index is 2.58. The molecule has 9 heavy (non-hydrogen) atoms. The number of carbonyl (C=O) groups excluding carboxylic acids is 1. The Morgan fingerprint density at radius 1 is 1.89 bits per heavy atom. The summed E-state index contributed by atoms with van der Waals surface area (Å²) in [6.45, 7) is 1.59. The van der Waals surface area contributed by atoms with Gasteiger partial charge in [-0.2, -0.15) is 11.3 Å². The Morgan fingerprint density at radius 3 is 3.11 bits per heavy atom. The topological polar surface area (TPSA) is 17.1 Å². The number of ketones is 1. The molecular weight excluding hydrogens is 132 g/mol. The van der Waals surface area contributed by atoms with Gasteiger partial charge in [0.2, 0.25) is 0 Å². The number of rotatable bonds is 2. The molecule has 0 aromatic carbocycles. The van der Waals surface area contributed by atoms with Gasteiger partial charge in [0.05, 0.1) is 0 Å². The highest BCUT2D eigenvalue weighted by Crippen LogP contribution is 2.05. The summed E-state index contributed by atoms with van der Waals surface area (Å²) < 4.78 is 0. The maximum atomic E-state index is 10.5. The summed E-state index contributed by atoms with van der Waals surface area (Å²) in [6.07, 6.45) is 0.531. The summed E-state index contributed by atoms with van der Waals surface area (Å²) in [5.74, 6) is 0.199. The molecule has 0 amide bonds. The van der Waals surface area contributed by atoms with E-state index in [0.29, 0.717) is 6.42 Å². The smallest absolute Gasteiger partial charge is 0.134 e. The number of hydrogen-bond donors (Lipinski definition) is 0. The lowest BCUT2D eigenvalue weighted by Crippen LogP contribution is -1.93. The third-order valence-electron chi connectivity index (χ3n) is 0.962. The summed E-state index contributed by atoms with van der Waals surface area (Å²) in [5, 5.41) is 3.81. The first-order valence-corrected chi connectivity index (χ1v) is 3.65. The quantitative estimate of drug-likeness (QED) is 0.609. The second-order valence-corrected chi connectivity index (χ2v) is 2.66. The van der Waals surface area contributed by atoms with Crippen molar-refractivity contribution in [2.45, 2.75) is 13.3 Å². The Kier molecular flexibility index (Phi) is 2.01. The van der Waals surface area contributed by atoms with Gasteiger partial charge < -0.3 is 0 Å². The minimum Gasteiger partial charge on any atom is -0.300 e. The number of Topliss-reactive ketones (excluding diaryl/α,β-unsaturated/α-hetero) is 1. The van der Waals surface area contributed by atoms with Crippen molar-refractivity contribution in [2.24, 2.45) is 0 Å². The molecule has 1 aromatic heterocycles. The predicted molar refractivity (Wildman–Crippen MR) is 37.5 cm³/mol. The minimum atomic E-state index is 0.199. The lowest BCUT2D eigenvalue weighted by Gasteiger charge is -1.85. The van der Waals surface area contributed by atoms with E-state index in [2.05, 4.69) is 6.07 Å². The molecule has 1 rings (SSSR count). The van der Waals surface area contributed by atoms with Crippen LogP contribution >= 0.6 is 11.3 Å². The van der Waals surface area contributed by atoms with E-state index in [9.17, 15) is 4.79 Å². The molecule has 2 heteroatoms. The van der Waals surface area contributed by atoms with Gasteiger partial charge in [0.1, 0.15) is 5.78 Å². The first-order chi connectivity index (χ1) is 4.29. The van der Waals surface area contributed by atoms with Crippen LogP contribution in [-0.2, 0) is 11.2 Å². The second-order valence-electron chi connectivity index (χ2n) is 1.92. The summed E-state index contributed by atoms with van der Waals surface area (Å²) in [4.78, 5) is 10.5. The van der Waals surface area contributed by atoms with Crippen molar-refractivity contribution in [1.29, 1.82) is 0 Å². The molecule has 0 aliphatic carbocycles. The van der Waals surface area contributed by atoms with Crippen molar-refractivity contribution < 1.29 is 4.79 Å². The third-order valence-corrected chi connectivity index (χ3v) is 1.64. The Morgan fingerprint density at radius 2 is 2.67 bits per heavy atom. The average Bonchev–Trinajstić information content (AvgIpc) is 2.15. The predicted octanol–water partition coefficient (Wildman–Crippen LogP) is 1.68. The van der Waals surface area contributed by atoms with Crippen molar-refractivity contribution in [2.75, 3.05) is 0 Å². The van der Waals surface area contributed by atoms with Crippen LogP contribution in [0.3, 0.4) is 0 Å². The molecule has 0 fully saturated rings.